The monoisotopic (exact) mass is 250 g/mol. The van der Waals surface area contributed by atoms with Gasteiger partial charge >= 0.3 is 5.97 Å². The third-order valence-corrected chi connectivity index (χ3v) is 2.33. The number of nitrogens with one attached hydrogen (secondary N) is 1. The smallest absolute Gasteiger partial charge is 0.310 e. The number of hydrogen-bond acceptors (Lipinski definition) is 4. The molecule has 0 saturated heterocycles. The summed E-state index contributed by atoms with van der Waals surface area (Å²) in [5, 5.41) is 2.62. The second-order valence-electron chi connectivity index (χ2n) is 3.89. The van der Waals surface area contributed by atoms with Crippen LogP contribution in [0.5, 0.6) is 0 Å². The van der Waals surface area contributed by atoms with Crippen molar-refractivity contribution in [2.45, 2.75) is 19.8 Å². The lowest BCUT2D eigenvalue weighted by atomic mass is 10.1. The van der Waals surface area contributed by atoms with Gasteiger partial charge in [0, 0.05) is 12.2 Å². The molecule has 0 heterocycles. The first-order valence-electron chi connectivity index (χ1n) is 5.89. The van der Waals surface area contributed by atoms with Crippen LogP contribution in [0.25, 0.3) is 0 Å². The Kier molecular flexibility index (Phi) is 5.70. The first-order chi connectivity index (χ1) is 8.63. The average molecular weight is 250 g/mol. The minimum absolute atomic E-state index is 0.0771. The van der Waals surface area contributed by atoms with Crippen molar-refractivity contribution in [2.75, 3.05) is 18.9 Å². The zero-order chi connectivity index (χ0) is 13.4. The number of amides is 1. The molecule has 1 aromatic rings. The highest BCUT2D eigenvalue weighted by Gasteiger charge is 2.09. The van der Waals surface area contributed by atoms with E-state index < -0.39 is 5.97 Å². The first kappa shape index (κ1) is 14.0. The molecule has 0 atom stereocenters. The van der Waals surface area contributed by atoms with E-state index in [9.17, 15) is 9.59 Å². The molecule has 0 fully saturated rings. The summed E-state index contributed by atoms with van der Waals surface area (Å²) in [6.45, 7) is 2.29. The van der Waals surface area contributed by atoms with Gasteiger partial charge < -0.3 is 15.8 Å². The maximum Gasteiger partial charge on any atom is 0.310 e. The maximum absolute atomic E-state index is 11.5. The van der Waals surface area contributed by atoms with Crippen molar-refractivity contribution in [2.24, 2.45) is 0 Å². The summed E-state index contributed by atoms with van der Waals surface area (Å²) in [4.78, 5) is 22.7. The highest BCUT2D eigenvalue weighted by molar-refractivity contribution is 5.81. The van der Waals surface area contributed by atoms with Gasteiger partial charge in [0.1, 0.15) is 0 Å². The van der Waals surface area contributed by atoms with Gasteiger partial charge in [-0.05, 0) is 18.1 Å². The van der Waals surface area contributed by atoms with Crippen LogP contribution >= 0.6 is 0 Å². The van der Waals surface area contributed by atoms with Crippen LogP contribution in [0, 0.1) is 0 Å². The van der Waals surface area contributed by atoms with E-state index in [4.69, 9.17) is 10.5 Å². The van der Waals surface area contributed by atoms with Crippen LogP contribution in [0.4, 0.5) is 5.69 Å². The maximum atomic E-state index is 11.5. The molecule has 0 radical (unpaired) electrons. The summed E-state index contributed by atoms with van der Waals surface area (Å²) in [5.41, 5.74) is 6.95. The van der Waals surface area contributed by atoms with Gasteiger partial charge in [0.15, 0.2) is 6.61 Å². The van der Waals surface area contributed by atoms with Gasteiger partial charge in [0.25, 0.3) is 5.91 Å². The van der Waals surface area contributed by atoms with E-state index in [1.54, 1.807) is 24.3 Å². The molecule has 18 heavy (non-hydrogen) atoms. The molecule has 0 spiro atoms. The van der Waals surface area contributed by atoms with Crippen molar-refractivity contribution in [1.29, 1.82) is 0 Å². The van der Waals surface area contributed by atoms with E-state index in [2.05, 4.69) is 5.32 Å². The number of rotatable bonds is 6. The summed E-state index contributed by atoms with van der Waals surface area (Å²) in [6, 6.07) is 7.07. The molecule has 0 bridgehead atoms. The number of benzene rings is 1. The van der Waals surface area contributed by atoms with Crippen LogP contribution in [-0.4, -0.2) is 25.0 Å². The second kappa shape index (κ2) is 7.32. The van der Waals surface area contributed by atoms with E-state index in [1.807, 2.05) is 6.92 Å². The molecule has 0 aliphatic heterocycles. The number of ether oxygens (including phenoxy) is 1. The zero-order valence-electron chi connectivity index (χ0n) is 10.4. The SMILES string of the molecule is CCCNC(=O)COC(=O)Cc1ccccc1N. The number of nitrogens with two attached hydrogens (primary N) is 1. The Morgan fingerprint density at radius 3 is 2.72 bits per heavy atom. The third kappa shape index (κ3) is 4.86. The van der Waals surface area contributed by atoms with Crippen LogP contribution in [0.2, 0.25) is 0 Å². The van der Waals surface area contributed by atoms with E-state index in [0.29, 0.717) is 17.8 Å². The quantitative estimate of drug-likeness (QED) is 0.580. The van der Waals surface area contributed by atoms with E-state index in [0.717, 1.165) is 6.42 Å². The van der Waals surface area contributed by atoms with Crippen LogP contribution in [-0.2, 0) is 20.7 Å². The Hall–Kier alpha value is -2.04. The number of anilines is 1. The van der Waals surface area contributed by atoms with Crippen molar-refractivity contribution in [3.05, 3.63) is 29.8 Å². The van der Waals surface area contributed by atoms with Gasteiger partial charge in [-0.1, -0.05) is 25.1 Å². The van der Waals surface area contributed by atoms with Crippen molar-refractivity contribution in [3.63, 3.8) is 0 Å². The third-order valence-electron chi connectivity index (χ3n) is 2.33. The Bertz CT molecular complexity index is 418. The van der Waals surface area contributed by atoms with Gasteiger partial charge in [0.2, 0.25) is 0 Å². The number of nitrogen functional groups attached to an aromatic ring is 1. The molecule has 1 rings (SSSR count). The van der Waals surface area contributed by atoms with Gasteiger partial charge in [-0.15, -0.1) is 0 Å². The molecule has 0 saturated carbocycles. The summed E-state index contributed by atoms with van der Waals surface area (Å²) < 4.78 is 4.85. The minimum atomic E-state index is -0.459. The summed E-state index contributed by atoms with van der Waals surface area (Å²) in [5.74, 6) is -0.745. The standard InChI is InChI=1S/C13H18N2O3/c1-2-7-15-12(16)9-18-13(17)8-10-5-3-4-6-11(10)14/h3-6H,2,7-9,14H2,1H3,(H,15,16). The van der Waals surface area contributed by atoms with Crippen molar-refractivity contribution in [3.8, 4) is 0 Å². The molecule has 5 heteroatoms. The number of carbonyl (C=O) groups is 2. The first-order valence-corrected chi connectivity index (χ1v) is 5.89. The predicted octanol–water partition coefficient (Wildman–Crippen LogP) is 0.881. The highest BCUT2D eigenvalue weighted by atomic mass is 16.5. The number of para-hydroxylation sites is 1. The fourth-order valence-corrected chi connectivity index (χ4v) is 1.36. The Labute approximate surface area is 106 Å². The molecule has 0 unspecified atom stereocenters. The van der Waals surface area contributed by atoms with Crippen LogP contribution in [0.15, 0.2) is 24.3 Å². The van der Waals surface area contributed by atoms with Crippen molar-refractivity contribution >= 4 is 17.6 Å². The van der Waals surface area contributed by atoms with Gasteiger partial charge in [-0.25, -0.2) is 0 Å². The second-order valence-corrected chi connectivity index (χ2v) is 3.89. The zero-order valence-corrected chi connectivity index (χ0v) is 10.4. The lowest BCUT2D eigenvalue weighted by Crippen LogP contribution is -2.29. The average Bonchev–Trinajstić information content (AvgIpc) is 2.36. The van der Waals surface area contributed by atoms with Crippen molar-refractivity contribution < 1.29 is 14.3 Å². The molecule has 1 aromatic carbocycles. The molecule has 98 valence electrons. The van der Waals surface area contributed by atoms with Crippen LogP contribution < -0.4 is 11.1 Å². The topological polar surface area (TPSA) is 81.4 Å². The molecule has 3 N–H and O–H groups in total. The van der Waals surface area contributed by atoms with Gasteiger partial charge in [-0.3, -0.25) is 9.59 Å². The number of hydrogen-bond donors (Lipinski definition) is 2. The Balaban J connectivity index is 2.34. The number of esters is 1. The lowest BCUT2D eigenvalue weighted by Gasteiger charge is -2.07. The van der Waals surface area contributed by atoms with Gasteiger partial charge in [-0.2, -0.15) is 0 Å². The summed E-state index contributed by atoms with van der Waals surface area (Å²) in [6.07, 6.45) is 0.925. The Morgan fingerprint density at radius 2 is 2.06 bits per heavy atom. The van der Waals surface area contributed by atoms with E-state index >= 15 is 0 Å². The predicted molar refractivity (Wildman–Crippen MR) is 68.8 cm³/mol. The van der Waals surface area contributed by atoms with Crippen LogP contribution in [0.3, 0.4) is 0 Å². The molecule has 0 aliphatic rings. The van der Waals surface area contributed by atoms with Crippen molar-refractivity contribution in [1.82, 2.24) is 5.32 Å². The van der Waals surface area contributed by atoms with E-state index in [1.165, 1.54) is 0 Å². The Morgan fingerprint density at radius 1 is 1.33 bits per heavy atom. The normalized spacial score (nSPS) is 9.83. The summed E-state index contributed by atoms with van der Waals surface area (Å²) in [7, 11) is 0. The molecular formula is C13H18N2O3. The molecule has 0 aliphatic carbocycles. The van der Waals surface area contributed by atoms with Crippen LogP contribution in [0.1, 0.15) is 18.9 Å². The highest BCUT2D eigenvalue weighted by Crippen LogP contribution is 2.11. The minimum Gasteiger partial charge on any atom is -0.455 e. The van der Waals surface area contributed by atoms with Gasteiger partial charge in [0.05, 0.1) is 6.42 Å². The fourth-order valence-electron chi connectivity index (χ4n) is 1.36. The molecule has 1 amide bonds. The largest absolute Gasteiger partial charge is 0.455 e. The van der Waals surface area contributed by atoms with E-state index in [-0.39, 0.29) is 18.9 Å². The molecule has 0 aromatic heterocycles. The fraction of sp³-hybridized carbons (Fsp3) is 0.385. The summed E-state index contributed by atoms with van der Waals surface area (Å²) >= 11 is 0. The number of carbonyl (C=O) groups excluding carboxylic acids is 2. The molecule has 5 nitrogen and oxygen atoms in total. The lowest BCUT2D eigenvalue weighted by molar-refractivity contribution is -0.147. The molecular weight excluding hydrogens is 232 g/mol.